The molecule has 2 heterocycles. The van der Waals surface area contributed by atoms with E-state index in [0.717, 1.165) is 6.07 Å². The minimum atomic E-state index is -0.681. The van der Waals surface area contributed by atoms with Crippen molar-refractivity contribution in [2.75, 3.05) is 18.4 Å². The van der Waals surface area contributed by atoms with E-state index < -0.39 is 9.85 Å². The third-order valence-corrected chi connectivity index (χ3v) is 4.11. The summed E-state index contributed by atoms with van der Waals surface area (Å²) in [6.45, 7) is 0.859. The van der Waals surface area contributed by atoms with Crippen LogP contribution in [0.5, 0.6) is 0 Å². The van der Waals surface area contributed by atoms with Crippen LogP contribution in [-0.2, 0) is 0 Å². The number of nitro groups is 2. The molecule has 1 amide bonds. The number of carbonyl (C=O) groups excluding carboxylic acids is 1. The van der Waals surface area contributed by atoms with Crippen LogP contribution in [0, 0.1) is 20.2 Å². The van der Waals surface area contributed by atoms with Gasteiger partial charge in [-0.2, -0.15) is 0 Å². The van der Waals surface area contributed by atoms with Gasteiger partial charge in [0.15, 0.2) is 0 Å². The predicted molar refractivity (Wildman–Crippen MR) is 91.9 cm³/mol. The number of nitrogens with one attached hydrogen (secondary N) is 1. The van der Waals surface area contributed by atoms with E-state index in [9.17, 15) is 25.0 Å². The Kier molecular flexibility index (Phi) is 4.74. The van der Waals surface area contributed by atoms with E-state index in [-0.39, 0.29) is 29.0 Å². The number of aromatic nitrogens is 1. The second-order valence-corrected chi connectivity index (χ2v) is 5.81. The number of carbonyl (C=O) groups is 1. The summed E-state index contributed by atoms with van der Waals surface area (Å²) in [5.74, 6) is -0.201. The Bertz CT molecular complexity index is 857. The molecule has 134 valence electrons. The van der Waals surface area contributed by atoms with Gasteiger partial charge < -0.3 is 10.2 Å². The summed E-state index contributed by atoms with van der Waals surface area (Å²) < 4.78 is 0. The molecular weight excluding hydrogens is 342 g/mol. The normalized spacial score (nSPS) is 16.3. The third kappa shape index (κ3) is 3.58. The largest absolute Gasteiger partial charge is 0.375 e. The molecule has 26 heavy (non-hydrogen) atoms. The van der Waals surface area contributed by atoms with Gasteiger partial charge in [0.25, 0.3) is 17.3 Å². The minimum Gasteiger partial charge on any atom is -0.375 e. The molecule has 10 nitrogen and oxygen atoms in total. The number of non-ortho nitro benzene ring substituents is 1. The summed E-state index contributed by atoms with van der Waals surface area (Å²) in [4.78, 5) is 38.7. The molecule has 1 aliphatic heterocycles. The number of likely N-dealkylation sites (tertiary alicyclic amines) is 1. The maximum absolute atomic E-state index is 12.4. The van der Waals surface area contributed by atoms with Crippen LogP contribution in [0.2, 0.25) is 0 Å². The van der Waals surface area contributed by atoms with Gasteiger partial charge in [-0.15, -0.1) is 0 Å². The number of benzene rings is 1. The van der Waals surface area contributed by atoms with Gasteiger partial charge in [-0.1, -0.05) is 6.07 Å². The average Bonchev–Trinajstić information content (AvgIpc) is 3.10. The van der Waals surface area contributed by atoms with E-state index >= 15 is 0 Å². The van der Waals surface area contributed by atoms with Crippen LogP contribution in [-0.4, -0.2) is 44.8 Å². The molecule has 1 saturated heterocycles. The van der Waals surface area contributed by atoms with E-state index in [2.05, 4.69) is 10.3 Å². The molecule has 3 rings (SSSR count). The monoisotopic (exact) mass is 357 g/mol. The van der Waals surface area contributed by atoms with Crippen molar-refractivity contribution >= 4 is 23.0 Å². The van der Waals surface area contributed by atoms with Gasteiger partial charge in [-0.05, 0) is 24.6 Å². The highest BCUT2D eigenvalue weighted by atomic mass is 16.6. The van der Waals surface area contributed by atoms with E-state index in [0.29, 0.717) is 25.2 Å². The molecule has 0 saturated carbocycles. The SMILES string of the molecule is O=C(c1ccccn1)N1CCC(Nc2ccc([N+](=O)[O-])cc2[N+](=O)[O-])C1. The standard InChI is InChI=1S/C16H15N5O5/c22-16(14-3-1-2-7-17-14)19-8-6-11(10-19)18-13-5-4-12(20(23)24)9-15(13)21(25)26/h1-5,7,9,11,18H,6,8,10H2. The fourth-order valence-corrected chi connectivity index (χ4v) is 2.84. The summed E-state index contributed by atoms with van der Waals surface area (Å²) in [5, 5.41) is 25.0. The first-order valence-corrected chi connectivity index (χ1v) is 7.85. The van der Waals surface area contributed by atoms with Gasteiger partial charge >= 0.3 is 0 Å². The molecule has 1 aliphatic rings. The van der Waals surface area contributed by atoms with Crippen molar-refractivity contribution in [2.24, 2.45) is 0 Å². The van der Waals surface area contributed by atoms with Gasteiger partial charge in [0, 0.05) is 31.4 Å². The summed E-state index contributed by atoms with van der Waals surface area (Å²) in [6.07, 6.45) is 2.14. The number of hydrogen-bond acceptors (Lipinski definition) is 7. The second kappa shape index (κ2) is 7.13. The number of hydrogen-bond donors (Lipinski definition) is 1. The van der Waals surface area contributed by atoms with Crippen LogP contribution in [0.15, 0.2) is 42.6 Å². The molecule has 0 spiro atoms. The van der Waals surface area contributed by atoms with Crippen molar-refractivity contribution in [2.45, 2.75) is 12.5 Å². The zero-order valence-electron chi connectivity index (χ0n) is 13.6. The zero-order chi connectivity index (χ0) is 18.7. The quantitative estimate of drug-likeness (QED) is 0.641. The van der Waals surface area contributed by atoms with Crippen molar-refractivity contribution in [3.05, 3.63) is 68.5 Å². The smallest absolute Gasteiger partial charge is 0.299 e. The first-order chi connectivity index (χ1) is 12.5. The topological polar surface area (TPSA) is 132 Å². The second-order valence-electron chi connectivity index (χ2n) is 5.81. The van der Waals surface area contributed by atoms with Gasteiger partial charge in [0.05, 0.1) is 15.9 Å². The lowest BCUT2D eigenvalue weighted by Crippen LogP contribution is -2.32. The summed E-state index contributed by atoms with van der Waals surface area (Å²) in [5.41, 5.74) is -0.179. The van der Waals surface area contributed by atoms with Crippen LogP contribution in [0.25, 0.3) is 0 Å². The fraction of sp³-hybridized carbons (Fsp3) is 0.250. The lowest BCUT2D eigenvalue weighted by molar-refractivity contribution is -0.393. The van der Waals surface area contributed by atoms with E-state index in [4.69, 9.17) is 0 Å². The molecular formula is C16H15N5O5. The van der Waals surface area contributed by atoms with Crippen molar-refractivity contribution in [3.8, 4) is 0 Å². The fourth-order valence-electron chi connectivity index (χ4n) is 2.84. The maximum Gasteiger partial charge on any atom is 0.299 e. The van der Waals surface area contributed by atoms with Crippen molar-refractivity contribution in [3.63, 3.8) is 0 Å². The minimum absolute atomic E-state index is 0.192. The Morgan fingerprint density at radius 2 is 2.00 bits per heavy atom. The first kappa shape index (κ1) is 17.3. The lowest BCUT2D eigenvalue weighted by atomic mass is 10.2. The average molecular weight is 357 g/mol. The van der Waals surface area contributed by atoms with Crippen LogP contribution in [0.4, 0.5) is 17.1 Å². The highest BCUT2D eigenvalue weighted by Gasteiger charge is 2.29. The third-order valence-electron chi connectivity index (χ3n) is 4.11. The predicted octanol–water partition coefficient (Wildman–Crippen LogP) is 2.22. The number of anilines is 1. The zero-order valence-corrected chi connectivity index (χ0v) is 13.6. The Labute approximate surface area is 147 Å². The van der Waals surface area contributed by atoms with Crippen LogP contribution >= 0.6 is 0 Å². The summed E-state index contributed by atoms with van der Waals surface area (Å²) in [6, 6.07) is 8.34. The lowest BCUT2D eigenvalue weighted by Gasteiger charge is -2.17. The van der Waals surface area contributed by atoms with Crippen LogP contribution in [0.3, 0.4) is 0 Å². The molecule has 1 N–H and O–H groups in total. The number of rotatable bonds is 5. The van der Waals surface area contributed by atoms with Crippen molar-refractivity contribution in [1.29, 1.82) is 0 Å². The summed E-state index contributed by atoms with van der Waals surface area (Å²) in [7, 11) is 0. The number of nitro benzene ring substituents is 2. The molecule has 0 aliphatic carbocycles. The van der Waals surface area contributed by atoms with E-state index in [1.165, 1.54) is 12.1 Å². The molecule has 1 atom stereocenters. The maximum atomic E-state index is 12.4. The van der Waals surface area contributed by atoms with Crippen molar-refractivity contribution < 1.29 is 14.6 Å². The molecule has 0 bridgehead atoms. The Morgan fingerprint density at radius 3 is 2.65 bits per heavy atom. The van der Waals surface area contributed by atoms with Gasteiger partial charge in [0.1, 0.15) is 11.4 Å². The Hall–Kier alpha value is -3.56. The number of amides is 1. The van der Waals surface area contributed by atoms with Crippen molar-refractivity contribution in [1.82, 2.24) is 9.88 Å². The van der Waals surface area contributed by atoms with Gasteiger partial charge in [-0.25, -0.2) is 0 Å². The molecule has 2 aromatic rings. The molecule has 1 aromatic carbocycles. The van der Waals surface area contributed by atoms with E-state index in [1.54, 1.807) is 29.3 Å². The van der Waals surface area contributed by atoms with Crippen LogP contribution in [0.1, 0.15) is 16.9 Å². The van der Waals surface area contributed by atoms with Crippen LogP contribution < -0.4 is 5.32 Å². The van der Waals surface area contributed by atoms with E-state index in [1.807, 2.05) is 0 Å². The number of pyridine rings is 1. The molecule has 0 radical (unpaired) electrons. The van der Waals surface area contributed by atoms with Gasteiger partial charge in [-0.3, -0.25) is 30.0 Å². The highest BCUT2D eigenvalue weighted by molar-refractivity contribution is 5.92. The molecule has 10 heteroatoms. The Balaban J connectivity index is 1.72. The molecule has 1 fully saturated rings. The van der Waals surface area contributed by atoms with Gasteiger partial charge in [0.2, 0.25) is 0 Å². The molecule has 1 aromatic heterocycles. The molecule has 1 unspecified atom stereocenters. The Morgan fingerprint density at radius 1 is 1.19 bits per heavy atom. The highest BCUT2D eigenvalue weighted by Crippen LogP contribution is 2.30. The number of nitrogens with zero attached hydrogens (tertiary/aromatic N) is 4. The first-order valence-electron chi connectivity index (χ1n) is 7.85. The summed E-state index contributed by atoms with van der Waals surface area (Å²) >= 11 is 0.